The maximum absolute atomic E-state index is 11.7. The van der Waals surface area contributed by atoms with Gasteiger partial charge in [0, 0.05) is 6.07 Å². The lowest BCUT2D eigenvalue weighted by atomic mass is 10.2. The second-order valence-electron chi connectivity index (χ2n) is 4.43. The van der Waals surface area contributed by atoms with Crippen LogP contribution in [0.15, 0.2) is 23.1 Å². The van der Waals surface area contributed by atoms with Crippen LogP contribution in [0.25, 0.3) is 0 Å². The zero-order chi connectivity index (χ0) is 13.2. The average molecular weight is 270 g/mol. The van der Waals surface area contributed by atoms with E-state index in [-0.39, 0.29) is 11.0 Å². The molecule has 0 bridgehead atoms. The van der Waals surface area contributed by atoms with Crippen LogP contribution in [0.5, 0.6) is 5.75 Å². The van der Waals surface area contributed by atoms with Crippen LogP contribution in [0.4, 0.5) is 5.69 Å². The van der Waals surface area contributed by atoms with Gasteiger partial charge in [-0.25, -0.2) is 13.1 Å². The number of anilines is 1. The van der Waals surface area contributed by atoms with Crippen molar-refractivity contribution >= 4 is 15.7 Å². The fraction of sp³-hybridized carbons (Fsp3) is 0.500. The van der Waals surface area contributed by atoms with E-state index in [0.717, 1.165) is 25.7 Å². The highest BCUT2D eigenvalue weighted by Crippen LogP contribution is 2.30. The second-order valence-corrected chi connectivity index (χ2v) is 6.32. The summed E-state index contributed by atoms with van der Waals surface area (Å²) in [5.74, 6) is 0.457. The summed E-state index contributed by atoms with van der Waals surface area (Å²) in [6.07, 6.45) is 4.46. The number of nitrogen functional groups attached to an aromatic ring is 1. The minimum Gasteiger partial charge on any atom is -0.488 e. The van der Waals surface area contributed by atoms with Crippen molar-refractivity contribution in [2.45, 2.75) is 36.7 Å². The first kappa shape index (κ1) is 13.2. The number of benzene rings is 1. The number of hydrogen-bond donors (Lipinski definition) is 2. The van der Waals surface area contributed by atoms with Crippen molar-refractivity contribution in [2.24, 2.45) is 0 Å². The Hall–Kier alpha value is -1.27. The predicted octanol–water partition coefficient (Wildman–Crippen LogP) is 1.50. The summed E-state index contributed by atoms with van der Waals surface area (Å²) in [4.78, 5) is 0.173. The standard InChI is InChI=1S/C12H18N2O3S/c1-14-18(15,16)10-6-7-11(13)12(8-10)17-9-4-2-3-5-9/h6-9,14H,2-5,13H2,1H3. The quantitative estimate of drug-likeness (QED) is 0.812. The maximum atomic E-state index is 11.7. The third kappa shape index (κ3) is 2.76. The van der Waals surface area contributed by atoms with Crippen LogP contribution in [0.2, 0.25) is 0 Å². The van der Waals surface area contributed by atoms with E-state index < -0.39 is 10.0 Å². The Labute approximate surface area is 107 Å². The smallest absolute Gasteiger partial charge is 0.240 e. The van der Waals surface area contributed by atoms with E-state index >= 15 is 0 Å². The third-order valence-electron chi connectivity index (χ3n) is 3.16. The van der Waals surface area contributed by atoms with Gasteiger partial charge < -0.3 is 10.5 Å². The number of nitrogens with two attached hydrogens (primary N) is 1. The van der Waals surface area contributed by atoms with E-state index in [2.05, 4.69) is 4.72 Å². The number of rotatable bonds is 4. The van der Waals surface area contributed by atoms with Gasteiger partial charge in [-0.3, -0.25) is 0 Å². The zero-order valence-electron chi connectivity index (χ0n) is 10.3. The van der Waals surface area contributed by atoms with E-state index in [4.69, 9.17) is 10.5 Å². The van der Waals surface area contributed by atoms with Gasteiger partial charge >= 0.3 is 0 Å². The fourth-order valence-corrected chi connectivity index (χ4v) is 2.83. The van der Waals surface area contributed by atoms with Crippen LogP contribution >= 0.6 is 0 Å². The van der Waals surface area contributed by atoms with Crippen molar-refractivity contribution in [1.82, 2.24) is 4.72 Å². The van der Waals surface area contributed by atoms with E-state index in [1.54, 1.807) is 6.07 Å². The topological polar surface area (TPSA) is 81.4 Å². The second kappa shape index (κ2) is 5.16. The van der Waals surface area contributed by atoms with Crippen LogP contribution < -0.4 is 15.2 Å². The van der Waals surface area contributed by atoms with E-state index in [9.17, 15) is 8.42 Å². The molecule has 6 heteroatoms. The van der Waals surface area contributed by atoms with Crippen LogP contribution in [-0.4, -0.2) is 21.6 Å². The largest absolute Gasteiger partial charge is 0.488 e. The van der Waals surface area contributed by atoms with Crippen molar-refractivity contribution in [2.75, 3.05) is 12.8 Å². The summed E-state index contributed by atoms with van der Waals surface area (Å²) in [6, 6.07) is 4.52. The molecule has 3 N–H and O–H groups in total. The molecule has 0 amide bonds. The lowest BCUT2D eigenvalue weighted by Gasteiger charge is -2.15. The molecule has 18 heavy (non-hydrogen) atoms. The zero-order valence-corrected chi connectivity index (χ0v) is 11.2. The van der Waals surface area contributed by atoms with E-state index in [0.29, 0.717) is 11.4 Å². The Balaban J connectivity index is 2.26. The van der Waals surface area contributed by atoms with E-state index in [1.165, 1.54) is 19.2 Å². The molecule has 1 aromatic carbocycles. The molecule has 0 aliphatic heterocycles. The normalized spacial score (nSPS) is 16.9. The number of ether oxygens (including phenoxy) is 1. The summed E-state index contributed by atoms with van der Waals surface area (Å²) in [6.45, 7) is 0. The molecule has 1 aromatic rings. The Morgan fingerprint density at radius 2 is 2.00 bits per heavy atom. The molecule has 0 spiro atoms. The molecule has 100 valence electrons. The molecule has 2 rings (SSSR count). The molecule has 0 saturated heterocycles. The van der Waals surface area contributed by atoms with E-state index in [1.807, 2.05) is 0 Å². The first-order chi connectivity index (χ1) is 8.53. The lowest BCUT2D eigenvalue weighted by Crippen LogP contribution is -2.19. The summed E-state index contributed by atoms with van der Waals surface area (Å²) in [7, 11) is -2.08. The molecule has 0 radical (unpaired) electrons. The molecule has 1 aliphatic rings. The van der Waals surface area contributed by atoms with Crippen LogP contribution in [0, 0.1) is 0 Å². The monoisotopic (exact) mass is 270 g/mol. The van der Waals surface area contributed by atoms with Gasteiger partial charge in [-0.15, -0.1) is 0 Å². The molecule has 0 aromatic heterocycles. The van der Waals surface area contributed by atoms with Gasteiger partial charge in [-0.2, -0.15) is 0 Å². The molecule has 0 unspecified atom stereocenters. The summed E-state index contributed by atoms with van der Waals surface area (Å²) >= 11 is 0. The molecular weight excluding hydrogens is 252 g/mol. The molecule has 1 fully saturated rings. The minimum atomic E-state index is -3.46. The van der Waals surface area contributed by atoms with Crippen LogP contribution in [0.3, 0.4) is 0 Å². The highest BCUT2D eigenvalue weighted by Gasteiger charge is 2.19. The van der Waals surface area contributed by atoms with Gasteiger partial charge in [0.2, 0.25) is 10.0 Å². The molecule has 1 saturated carbocycles. The first-order valence-corrected chi connectivity index (χ1v) is 7.51. The number of sulfonamides is 1. The molecule has 0 heterocycles. The van der Waals surface area contributed by atoms with Crippen molar-refractivity contribution in [3.05, 3.63) is 18.2 Å². The molecule has 5 nitrogen and oxygen atoms in total. The SMILES string of the molecule is CNS(=O)(=O)c1ccc(N)c(OC2CCCC2)c1. The van der Waals surface area contributed by atoms with Crippen molar-refractivity contribution in [3.63, 3.8) is 0 Å². The van der Waals surface area contributed by atoms with Gasteiger partial charge in [0.1, 0.15) is 5.75 Å². The van der Waals surface area contributed by atoms with Crippen LogP contribution in [0.1, 0.15) is 25.7 Å². The highest BCUT2D eigenvalue weighted by atomic mass is 32.2. The Bertz CT molecular complexity index is 522. The van der Waals surface area contributed by atoms with Crippen molar-refractivity contribution < 1.29 is 13.2 Å². The summed E-state index contributed by atoms with van der Waals surface area (Å²) < 4.78 is 31.4. The Kier molecular flexibility index (Phi) is 3.77. The predicted molar refractivity (Wildman–Crippen MR) is 70.0 cm³/mol. The minimum absolute atomic E-state index is 0.153. The summed E-state index contributed by atoms with van der Waals surface area (Å²) in [5.41, 5.74) is 6.28. The Morgan fingerprint density at radius 3 is 2.61 bits per heavy atom. The molecule has 0 atom stereocenters. The average Bonchev–Trinajstić information content (AvgIpc) is 2.84. The Morgan fingerprint density at radius 1 is 1.33 bits per heavy atom. The van der Waals surface area contributed by atoms with Crippen molar-refractivity contribution in [1.29, 1.82) is 0 Å². The number of hydrogen-bond acceptors (Lipinski definition) is 4. The summed E-state index contributed by atoms with van der Waals surface area (Å²) in [5, 5.41) is 0. The van der Waals surface area contributed by atoms with Gasteiger partial charge in [0.15, 0.2) is 0 Å². The highest BCUT2D eigenvalue weighted by molar-refractivity contribution is 7.89. The van der Waals surface area contributed by atoms with Crippen molar-refractivity contribution in [3.8, 4) is 5.75 Å². The molecular formula is C12H18N2O3S. The maximum Gasteiger partial charge on any atom is 0.240 e. The van der Waals surface area contributed by atoms with Gasteiger partial charge in [-0.05, 0) is 44.9 Å². The van der Waals surface area contributed by atoms with Gasteiger partial charge in [0.25, 0.3) is 0 Å². The number of nitrogens with one attached hydrogen (secondary N) is 1. The van der Waals surface area contributed by atoms with Gasteiger partial charge in [-0.1, -0.05) is 0 Å². The molecule has 1 aliphatic carbocycles. The lowest BCUT2D eigenvalue weighted by molar-refractivity contribution is 0.211. The van der Waals surface area contributed by atoms with Gasteiger partial charge in [0.05, 0.1) is 16.7 Å². The van der Waals surface area contributed by atoms with Crippen LogP contribution in [-0.2, 0) is 10.0 Å². The fourth-order valence-electron chi connectivity index (χ4n) is 2.09. The third-order valence-corrected chi connectivity index (χ3v) is 4.57. The first-order valence-electron chi connectivity index (χ1n) is 6.02.